The molecule has 2 fully saturated rings. The lowest BCUT2D eigenvalue weighted by atomic mass is 9.82. The van der Waals surface area contributed by atoms with Gasteiger partial charge in [-0.15, -0.1) is 10.2 Å². The van der Waals surface area contributed by atoms with Gasteiger partial charge in [-0.1, -0.05) is 11.3 Å². The summed E-state index contributed by atoms with van der Waals surface area (Å²) in [4.78, 5) is 9.57. The van der Waals surface area contributed by atoms with Gasteiger partial charge in [0.2, 0.25) is 5.82 Å². The molecule has 12 heteroatoms. The molecule has 1 aliphatic heterocycles. The van der Waals surface area contributed by atoms with Crippen LogP contribution in [0.4, 0.5) is 11.6 Å². The Morgan fingerprint density at radius 3 is 2.65 bits per heavy atom. The Morgan fingerprint density at radius 1 is 1.16 bits per heavy atom. The molecule has 1 saturated carbocycles. The highest BCUT2D eigenvalue weighted by atomic mass is 16.5. The maximum absolute atomic E-state index is 9.79. The second-order valence-corrected chi connectivity index (χ2v) is 12.5. The number of H-pyrrole nitrogens is 1. The van der Waals surface area contributed by atoms with Crippen molar-refractivity contribution in [1.82, 2.24) is 35.9 Å². The fraction of sp³-hybridized carbons (Fsp3) is 0.613. The van der Waals surface area contributed by atoms with E-state index >= 15 is 0 Å². The third kappa shape index (κ3) is 8.04. The van der Waals surface area contributed by atoms with Gasteiger partial charge in [0.25, 0.3) is 0 Å². The van der Waals surface area contributed by atoms with Crippen molar-refractivity contribution < 1.29 is 9.47 Å². The summed E-state index contributed by atoms with van der Waals surface area (Å²) in [6.07, 6.45) is 7.68. The van der Waals surface area contributed by atoms with Gasteiger partial charge in [-0.3, -0.25) is 0 Å². The number of rotatable bonds is 12. The number of pyridine rings is 2. The average molecular weight is 589 g/mol. The van der Waals surface area contributed by atoms with Gasteiger partial charge in [0.15, 0.2) is 0 Å². The van der Waals surface area contributed by atoms with Gasteiger partial charge in [-0.2, -0.15) is 10.5 Å². The van der Waals surface area contributed by atoms with Crippen LogP contribution in [0.25, 0.3) is 11.3 Å². The molecule has 230 valence electrons. The molecule has 1 atom stereocenters. The number of hydrogen-bond acceptors (Lipinski definition) is 11. The minimum atomic E-state index is -0.594. The van der Waals surface area contributed by atoms with Gasteiger partial charge < -0.3 is 25.4 Å². The van der Waals surface area contributed by atoms with Gasteiger partial charge >= 0.3 is 0 Å². The van der Waals surface area contributed by atoms with Crippen molar-refractivity contribution in [3.8, 4) is 17.3 Å². The highest BCUT2D eigenvalue weighted by Crippen LogP contribution is 2.31. The van der Waals surface area contributed by atoms with E-state index in [0.29, 0.717) is 44.3 Å². The summed E-state index contributed by atoms with van der Waals surface area (Å²) >= 11 is 0. The van der Waals surface area contributed by atoms with Gasteiger partial charge in [0, 0.05) is 49.6 Å². The zero-order valence-electron chi connectivity index (χ0n) is 25.7. The average Bonchev–Trinajstić information content (AvgIpc) is 3.58. The first kappa shape index (κ1) is 30.8. The number of ether oxygens (including phenoxy) is 2. The Morgan fingerprint density at radius 2 is 1.93 bits per heavy atom. The van der Waals surface area contributed by atoms with Crippen LogP contribution in [0.15, 0.2) is 30.5 Å². The van der Waals surface area contributed by atoms with E-state index in [0.717, 1.165) is 67.0 Å². The molecule has 0 bridgehead atoms. The Labute approximate surface area is 253 Å². The van der Waals surface area contributed by atoms with E-state index in [4.69, 9.17) is 14.5 Å². The number of nitrogens with zero attached hydrogens (tertiary/aromatic N) is 6. The second kappa shape index (κ2) is 13.8. The lowest BCUT2D eigenvalue weighted by Gasteiger charge is -2.33. The monoisotopic (exact) mass is 588 g/mol. The predicted octanol–water partition coefficient (Wildman–Crippen LogP) is 4.35. The molecule has 43 heavy (non-hydrogen) atoms. The van der Waals surface area contributed by atoms with Crippen molar-refractivity contribution in [3.05, 3.63) is 41.9 Å². The summed E-state index contributed by atoms with van der Waals surface area (Å²) in [5.41, 5.74) is 2.00. The highest BCUT2D eigenvalue weighted by Gasteiger charge is 2.33. The minimum Gasteiger partial charge on any atom is -0.381 e. The molecule has 0 radical (unpaired) electrons. The van der Waals surface area contributed by atoms with E-state index in [1.165, 1.54) is 0 Å². The molecular formula is C31H44N10O2. The van der Waals surface area contributed by atoms with E-state index in [1.807, 2.05) is 38.2 Å². The van der Waals surface area contributed by atoms with Crippen molar-refractivity contribution in [3.63, 3.8) is 0 Å². The number of anilines is 2. The maximum Gasteiger partial charge on any atom is 0.205 e. The fourth-order valence-corrected chi connectivity index (χ4v) is 5.79. The van der Waals surface area contributed by atoms with Crippen LogP contribution in [0.1, 0.15) is 70.7 Å². The van der Waals surface area contributed by atoms with E-state index in [9.17, 15) is 5.26 Å². The van der Waals surface area contributed by atoms with Crippen LogP contribution in [-0.2, 0) is 15.1 Å². The summed E-state index contributed by atoms with van der Waals surface area (Å²) in [6.45, 7) is 10.5. The molecule has 5 rings (SSSR count). The zero-order chi connectivity index (χ0) is 30.3. The first-order chi connectivity index (χ1) is 20.7. The van der Waals surface area contributed by atoms with Crippen LogP contribution >= 0.6 is 0 Å². The Kier molecular flexibility index (Phi) is 9.85. The first-order valence-corrected chi connectivity index (χ1v) is 15.3. The standard InChI is InChI=1S/C31H44N10O2/c1-21-17-33-28(16-25(21)26-6-5-7-27(37-26)34-20-31(19-32)12-14-42-15-13-31)36-24-10-8-23(9-11-24)35-22(2)18-43-30(3,4)29-38-40-41-39-29/h5-7,16-17,22-24,35H,8-15,18,20H2,1-4H3,(H,33,36)(H,34,37)(H,38,39,40,41)/t22-,23?,24?/m1/s1. The quantitative estimate of drug-likeness (QED) is 0.238. The van der Waals surface area contributed by atoms with Crippen molar-refractivity contribution in [1.29, 1.82) is 5.26 Å². The first-order valence-electron chi connectivity index (χ1n) is 15.3. The van der Waals surface area contributed by atoms with Crippen LogP contribution < -0.4 is 16.0 Å². The lowest BCUT2D eigenvalue weighted by Crippen LogP contribution is -2.44. The second-order valence-electron chi connectivity index (χ2n) is 12.5. The maximum atomic E-state index is 9.79. The summed E-state index contributed by atoms with van der Waals surface area (Å²) in [5, 5.41) is 34.9. The molecule has 0 spiro atoms. The number of aromatic nitrogens is 6. The number of nitrogens with one attached hydrogen (secondary N) is 4. The molecule has 2 aliphatic rings. The van der Waals surface area contributed by atoms with Crippen molar-refractivity contribution in [2.75, 3.05) is 37.0 Å². The summed E-state index contributed by atoms with van der Waals surface area (Å²) in [6, 6.07) is 11.6. The van der Waals surface area contributed by atoms with Crippen molar-refractivity contribution in [2.45, 2.75) is 89.9 Å². The number of tetrazole rings is 1. The van der Waals surface area contributed by atoms with Gasteiger partial charge in [0.05, 0.1) is 23.8 Å². The topological polar surface area (TPSA) is 159 Å². The molecule has 3 aromatic rings. The largest absolute Gasteiger partial charge is 0.381 e. The number of aryl methyl sites for hydroxylation is 1. The Bertz CT molecular complexity index is 1360. The molecule has 3 aromatic heterocycles. The smallest absolute Gasteiger partial charge is 0.205 e. The summed E-state index contributed by atoms with van der Waals surface area (Å²) in [7, 11) is 0. The number of nitriles is 1. The van der Waals surface area contributed by atoms with Gasteiger partial charge in [-0.05, 0) is 90.0 Å². The Balaban J connectivity index is 1.12. The Hall–Kier alpha value is -3.66. The molecule has 0 unspecified atom stereocenters. The van der Waals surface area contributed by atoms with Gasteiger partial charge in [0.1, 0.15) is 17.2 Å². The lowest BCUT2D eigenvalue weighted by molar-refractivity contribution is -0.0379. The molecule has 12 nitrogen and oxygen atoms in total. The van der Waals surface area contributed by atoms with Crippen LogP contribution in [0.5, 0.6) is 0 Å². The van der Waals surface area contributed by atoms with Gasteiger partial charge in [-0.25, -0.2) is 9.97 Å². The van der Waals surface area contributed by atoms with Crippen LogP contribution in [-0.4, -0.2) is 75.1 Å². The van der Waals surface area contributed by atoms with Crippen molar-refractivity contribution in [2.24, 2.45) is 5.41 Å². The zero-order valence-corrected chi connectivity index (χ0v) is 25.7. The number of hydrogen-bond donors (Lipinski definition) is 4. The number of aromatic amines is 1. The van der Waals surface area contributed by atoms with Crippen molar-refractivity contribution >= 4 is 11.6 Å². The molecule has 0 aromatic carbocycles. The van der Waals surface area contributed by atoms with Crippen LogP contribution in [0.3, 0.4) is 0 Å². The van der Waals surface area contributed by atoms with Crippen LogP contribution in [0, 0.1) is 23.7 Å². The molecule has 4 N–H and O–H groups in total. The highest BCUT2D eigenvalue weighted by molar-refractivity contribution is 5.68. The summed E-state index contributed by atoms with van der Waals surface area (Å²) < 4.78 is 11.6. The third-order valence-electron chi connectivity index (χ3n) is 8.60. The van der Waals surface area contributed by atoms with Crippen LogP contribution in [0.2, 0.25) is 0 Å². The predicted molar refractivity (Wildman–Crippen MR) is 164 cm³/mol. The minimum absolute atomic E-state index is 0.210. The summed E-state index contributed by atoms with van der Waals surface area (Å²) in [5.74, 6) is 2.19. The molecule has 4 heterocycles. The normalized spacial score (nSPS) is 21.1. The molecule has 0 amide bonds. The van der Waals surface area contributed by atoms with E-state index < -0.39 is 11.0 Å². The van der Waals surface area contributed by atoms with E-state index in [1.54, 1.807) is 0 Å². The van der Waals surface area contributed by atoms with E-state index in [-0.39, 0.29) is 6.04 Å². The molecular weight excluding hydrogens is 544 g/mol. The fourth-order valence-electron chi connectivity index (χ4n) is 5.79. The third-order valence-corrected chi connectivity index (χ3v) is 8.60. The van der Waals surface area contributed by atoms with E-state index in [2.05, 4.69) is 67.5 Å². The SMILES string of the molecule is Cc1cnc(NC2CCC(N[C@H](C)COC(C)(C)c3nn[nH]n3)CC2)cc1-c1cccc(NCC2(C#N)CCOCC2)n1. The molecule has 1 saturated heterocycles. The molecule has 1 aliphatic carbocycles.